The minimum atomic E-state index is -0.448. The second kappa shape index (κ2) is 4.98. The van der Waals surface area contributed by atoms with E-state index in [-0.39, 0.29) is 11.4 Å². The molecule has 2 aromatic heterocycles. The van der Waals surface area contributed by atoms with E-state index in [1.165, 1.54) is 18.9 Å². The van der Waals surface area contributed by atoms with Crippen LogP contribution in [0.15, 0.2) is 35.1 Å². The van der Waals surface area contributed by atoms with E-state index in [1.807, 2.05) is 24.3 Å². The highest BCUT2D eigenvalue weighted by Crippen LogP contribution is 2.26. The van der Waals surface area contributed by atoms with Gasteiger partial charge in [0.2, 0.25) is 0 Å². The molecule has 0 bridgehead atoms. The van der Waals surface area contributed by atoms with Crippen LogP contribution in [0.5, 0.6) is 0 Å². The van der Waals surface area contributed by atoms with Crippen molar-refractivity contribution in [2.45, 2.75) is 12.8 Å². The van der Waals surface area contributed by atoms with Gasteiger partial charge in [0.25, 0.3) is 0 Å². The summed E-state index contributed by atoms with van der Waals surface area (Å²) in [6.45, 7) is 2.14. The fraction of sp³-hybridized carbons (Fsp3) is 0.250. The highest BCUT2D eigenvalue weighted by molar-refractivity contribution is 5.75. The van der Waals surface area contributed by atoms with Gasteiger partial charge in [-0.3, -0.25) is 4.98 Å². The molecule has 0 radical (unpaired) electrons. The summed E-state index contributed by atoms with van der Waals surface area (Å²) in [5.74, 6) is -0.448. The summed E-state index contributed by atoms with van der Waals surface area (Å²) < 4.78 is 14.2. The molecule has 112 valence electrons. The maximum absolute atomic E-state index is 14.2. The lowest BCUT2D eigenvalue weighted by Gasteiger charge is -2.17. The van der Waals surface area contributed by atoms with Crippen LogP contribution in [0.25, 0.3) is 22.4 Å². The van der Waals surface area contributed by atoms with E-state index in [9.17, 15) is 9.18 Å². The van der Waals surface area contributed by atoms with E-state index in [4.69, 9.17) is 0 Å². The molecule has 0 atom stereocenters. The number of nitrogens with one attached hydrogen (secondary N) is 2. The van der Waals surface area contributed by atoms with E-state index in [2.05, 4.69) is 19.9 Å². The van der Waals surface area contributed by atoms with Crippen molar-refractivity contribution in [1.29, 1.82) is 0 Å². The Balaban J connectivity index is 1.74. The Morgan fingerprint density at radius 1 is 1.09 bits per heavy atom. The third-order valence-corrected chi connectivity index (χ3v) is 4.07. The Morgan fingerprint density at radius 2 is 1.82 bits per heavy atom. The number of nitrogens with zero attached hydrogens (tertiary/aromatic N) is 2. The van der Waals surface area contributed by atoms with Crippen molar-refractivity contribution in [3.8, 4) is 11.3 Å². The van der Waals surface area contributed by atoms with Crippen LogP contribution in [0.4, 0.5) is 10.1 Å². The molecular weight excluding hydrogens is 283 g/mol. The molecule has 3 heterocycles. The number of aromatic nitrogens is 3. The number of hydrogen-bond donors (Lipinski definition) is 2. The van der Waals surface area contributed by atoms with Crippen LogP contribution >= 0.6 is 0 Å². The monoisotopic (exact) mass is 298 g/mol. The number of benzene rings is 1. The molecule has 1 aliphatic rings. The number of imidazole rings is 1. The van der Waals surface area contributed by atoms with Crippen LogP contribution in [0.2, 0.25) is 0 Å². The lowest BCUT2D eigenvalue weighted by molar-refractivity contribution is 0.628. The first-order chi connectivity index (χ1) is 10.7. The van der Waals surface area contributed by atoms with E-state index < -0.39 is 5.82 Å². The third-order valence-electron chi connectivity index (χ3n) is 4.07. The summed E-state index contributed by atoms with van der Waals surface area (Å²) in [6.07, 6.45) is 2.44. The molecule has 0 spiro atoms. The van der Waals surface area contributed by atoms with Gasteiger partial charge in [0.05, 0.1) is 5.52 Å². The highest BCUT2D eigenvalue weighted by Gasteiger charge is 2.14. The van der Waals surface area contributed by atoms with E-state index in [0.717, 1.165) is 18.8 Å². The molecule has 4 rings (SSSR count). The lowest BCUT2D eigenvalue weighted by atomic mass is 10.1. The molecule has 0 aliphatic carbocycles. The van der Waals surface area contributed by atoms with Gasteiger partial charge in [0.1, 0.15) is 5.69 Å². The predicted octanol–water partition coefficient (Wildman–Crippen LogP) is 2.66. The smallest absolute Gasteiger partial charge is 0.325 e. The minimum Gasteiger partial charge on any atom is -0.372 e. The van der Waals surface area contributed by atoms with Crippen molar-refractivity contribution < 1.29 is 4.39 Å². The van der Waals surface area contributed by atoms with Gasteiger partial charge < -0.3 is 9.88 Å². The molecule has 3 aromatic rings. The van der Waals surface area contributed by atoms with E-state index in [1.54, 1.807) is 0 Å². The number of rotatable bonds is 2. The van der Waals surface area contributed by atoms with Crippen LogP contribution < -0.4 is 10.6 Å². The molecule has 0 saturated carbocycles. The van der Waals surface area contributed by atoms with Gasteiger partial charge in [0.15, 0.2) is 11.5 Å². The number of halogens is 1. The second-order valence-electron chi connectivity index (χ2n) is 5.54. The van der Waals surface area contributed by atoms with Crippen molar-refractivity contribution in [1.82, 2.24) is 15.0 Å². The zero-order valence-corrected chi connectivity index (χ0v) is 11.9. The summed E-state index contributed by atoms with van der Waals surface area (Å²) in [7, 11) is 0. The summed E-state index contributed by atoms with van der Waals surface area (Å²) in [5.41, 5.74) is 2.45. The molecular formula is C16H15FN4O. The summed E-state index contributed by atoms with van der Waals surface area (Å²) in [6, 6.07) is 9.02. The SMILES string of the molecule is O=c1[nH]c2cc(F)c(-c3ccc(N4CCCC4)cc3)nc2[nH]1. The van der Waals surface area contributed by atoms with Crippen molar-refractivity contribution in [2.75, 3.05) is 18.0 Å². The number of anilines is 1. The molecule has 1 saturated heterocycles. The molecule has 1 fully saturated rings. The van der Waals surface area contributed by atoms with Crippen LogP contribution in [0.3, 0.4) is 0 Å². The maximum Gasteiger partial charge on any atom is 0.325 e. The summed E-state index contributed by atoms with van der Waals surface area (Å²) in [5, 5.41) is 0. The number of fused-ring (bicyclic) bond motifs is 1. The fourth-order valence-electron chi connectivity index (χ4n) is 2.95. The third kappa shape index (κ3) is 2.16. The zero-order chi connectivity index (χ0) is 15.1. The van der Waals surface area contributed by atoms with Gasteiger partial charge >= 0.3 is 5.69 Å². The Bertz CT molecular complexity index is 875. The van der Waals surface area contributed by atoms with E-state index in [0.29, 0.717) is 16.7 Å². The van der Waals surface area contributed by atoms with Crippen molar-refractivity contribution in [3.63, 3.8) is 0 Å². The molecule has 2 N–H and O–H groups in total. The number of pyridine rings is 1. The van der Waals surface area contributed by atoms with Crippen molar-refractivity contribution >= 4 is 16.9 Å². The Kier molecular flexibility index (Phi) is 2.96. The van der Waals surface area contributed by atoms with Gasteiger partial charge in [-0.2, -0.15) is 0 Å². The van der Waals surface area contributed by atoms with Crippen LogP contribution in [0, 0.1) is 5.82 Å². The number of hydrogen-bond acceptors (Lipinski definition) is 3. The molecule has 1 aromatic carbocycles. The highest BCUT2D eigenvalue weighted by atomic mass is 19.1. The standard InChI is InChI=1S/C16H15FN4O/c17-12-9-13-15(20-16(22)18-13)19-14(12)10-3-5-11(6-4-10)21-7-1-2-8-21/h3-6,9H,1-2,7-8H2,(H2,18,19,20,22). The first-order valence-corrected chi connectivity index (χ1v) is 7.35. The Morgan fingerprint density at radius 3 is 2.55 bits per heavy atom. The number of aromatic amines is 2. The van der Waals surface area contributed by atoms with Crippen LogP contribution in [0.1, 0.15) is 12.8 Å². The Labute approximate surface area is 125 Å². The fourth-order valence-corrected chi connectivity index (χ4v) is 2.95. The molecule has 1 aliphatic heterocycles. The molecule has 0 unspecified atom stereocenters. The van der Waals surface area contributed by atoms with Gasteiger partial charge in [-0.25, -0.2) is 14.2 Å². The normalized spacial score (nSPS) is 14.9. The Hall–Kier alpha value is -2.63. The average Bonchev–Trinajstić information content (AvgIpc) is 3.15. The molecule has 5 nitrogen and oxygen atoms in total. The topological polar surface area (TPSA) is 64.8 Å². The van der Waals surface area contributed by atoms with Gasteiger partial charge in [0, 0.05) is 30.4 Å². The zero-order valence-electron chi connectivity index (χ0n) is 11.9. The largest absolute Gasteiger partial charge is 0.372 e. The van der Waals surface area contributed by atoms with Crippen LogP contribution in [-0.2, 0) is 0 Å². The summed E-state index contributed by atoms with van der Waals surface area (Å²) in [4.78, 5) is 22.9. The average molecular weight is 298 g/mol. The molecule has 0 amide bonds. The van der Waals surface area contributed by atoms with Gasteiger partial charge in [-0.1, -0.05) is 12.1 Å². The predicted molar refractivity (Wildman–Crippen MR) is 83.6 cm³/mol. The van der Waals surface area contributed by atoms with Crippen molar-refractivity contribution in [2.24, 2.45) is 0 Å². The molecule has 6 heteroatoms. The summed E-state index contributed by atoms with van der Waals surface area (Å²) >= 11 is 0. The van der Waals surface area contributed by atoms with Gasteiger partial charge in [-0.05, 0) is 25.0 Å². The molecule has 22 heavy (non-hydrogen) atoms. The minimum absolute atomic E-state index is 0.246. The number of H-pyrrole nitrogens is 2. The van der Waals surface area contributed by atoms with E-state index >= 15 is 0 Å². The van der Waals surface area contributed by atoms with Crippen LogP contribution in [-0.4, -0.2) is 28.0 Å². The maximum atomic E-state index is 14.2. The lowest BCUT2D eigenvalue weighted by Crippen LogP contribution is -2.17. The van der Waals surface area contributed by atoms with Crippen molar-refractivity contribution in [3.05, 3.63) is 46.6 Å². The second-order valence-corrected chi connectivity index (χ2v) is 5.54. The first kappa shape index (κ1) is 13.1. The quantitative estimate of drug-likeness (QED) is 0.764. The first-order valence-electron chi connectivity index (χ1n) is 7.35. The van der Waals surface area contributed by atoms with Gasteiger partial charge in [-0.15, -0.1) is 0 Å².